The lowest BCUT2D eigenvalue weighted by atomic mass is 10.3. The monoisotopic (exact) mass is 167 g/mol. The minimum atomic E-state index is -0.258. The summed E-state index contributed by atoms with van der Waals surface area (Å²) < 4.78 is 17.0. The molecule has 0 N–H and O–H groups in total. The third-order valence-corrected chi connectivity index (χ3v) is 1.48. The van der Waals surface area contributed by atoms with Gasteiger partial charge in [-0.3, -0.25) is 4.39 Å². The third kappa shape index (κ3) is 3.37. The number of hydrogen-bond donors (Lipinski definition) is 0. The van der Waals surface area contributed by atoms with E-state index in [0.717, 1.165) is 12.2 Å². The van der Waals surface area contributed by atoms with Gasteiger partial charge >= 0.3 is 0 Å². The van der Waals surface area contributed by atoms with Crippen LogP contribution >= 0.6 is 0 Å². The Morgan fingerprint density at radius 3 is 2.67 bits per heavy atom. The summed E-state index contributed by atoms with van der Waals surface area (Å²) in [5, 5.41) is 0. The van der Waals surface area contributed by atoms with Crippen molar-refractivity contribution in [2.75, 3.05) is 13.3 Å². The maximum absolute atomic E-state index is 11.7. The number of alkyl halides is 1. The van der Waals surface area contributed by atoms with E-state index in [1.54, 1.807) is 12.1 Å². The van der Waals surface area contributed by atoms with E-state index in [1.165, 1.54) is 0 Å². The molecule has 1 radical (unpaired) electrons. The van der Waals surface area contributed by atoms with Gasteiger partial charge in [-0.05, 0) is 31.0 Å². The van der Waals surface area contributed by atoms with Crippen molar-refractivity contribution >= 4 is 0 Å². The highest BCUT2D eigenvalue weighted by Gasteiger charge is 1.90. The molecule has 0 saturated carbocycles. The zero-order valence-electron chi connectivity index (χ0n) is 6.92. The molecule has 1 aromatic carbocycles. The molecule has 12 heavy (non-hydrogen) atoms. The van der Waals surface area contributed by atoms with Crippen LogP contribution in [0, 0.1) is 6.07 Å². The Kier molecular flexibility index (Phi) is 4.21. The van der Waals surface area contributed by atoms with E-state index in [0.29, 0.717) is 13.0 Å². The molecule has 0 heterocycles. The largest absolute Gasteiger partial charge is 0.494 e. The summed E-state index contributed by atoms with van der Waals surface area (Å²) in [5.74, 6) is 0.826. The van der Waals surface area contributed by atoms with Gasteiger partial charge in [0.05, 0.1) is 13.3 Å². The number of benzene rings is 1. The Balaban J connectivity index is 2.16. The normalized spacial score (nSPS) is 9.75. The van der Waals surface area contributed by atoms with Gasteiger partial charge in [0.1, 0.15) is 5.75 Å². The van der Waals surface area contributed by atoms with Crippen LogP contribution in [0.4, 0.5) is 4.39 Å². The Morgan fingerprint density at radius 2 is 2.00 bits per heavy atom. The van der Waals surface area contributed by atoms with E-state index in [4.69, 9.17) is 4.74 Å². The van der Waals surface area contributed by atoms with Crippen molar-refractivity contribution in [3.63, 3.8) is 0 Å². The Morgan fingerprint density at radius 1 is 1.25 bits per heavy atom. The van der Waals surface area contributed by atoms with E-state index in [-0.39, 0.29) is 6.67 Å². The van der Waals surface area contributed by atoms with Crippen LogP contribution in [0.15, 0.2) is 24.3 Å². The summed E-state index contributed by atoms with van der Waals surface area (Å²) in [6.07, 6.45) is 1.36. The molecule has 0 aliphatic rings. The standard InChI is InChI=1S/C10H12FO/c11-8-4-5-9-12-10-6-2-1-3-7-10/h2-3,6-7H,4-5,8-9H2. The lowest BCUT2D eigenvalue weighted by Gasteiger charge is -2.03. The highest BCUT2D eigenvalue weighted by atomic mass is 19.1. The number of ether oxygens (including phenoxy) is 1. The topological polar surface area (TPSA) is 9.23 Å². The maximum Gasteiger partial charge on any atom is 0.119 e. The minimum absolute atomic E-state index is 0.258. The summed E-state index contributed by atoms with van der Waals surface area (Å²) in [6.45, 7) is 0.333. The van der Waals surface area contributed by atoms with Gasteiger partial charge in [0.25, 0.3) is 0 Å². The van der Waals surface area contributed by atoms with Crippen molar-refractivity contribution in [1.82, 2.24) is 0 Å². The Bertz CT molecular complexity index is 198. The molecule has 0 aliphatic carbocycles. The van der Waals surface area contributed by atoms with Gasteiger partial charge in [-0.1, -0.05) is 12.1 Å². The molecular weight excluding hydrogens is 155 g/mol. The highest BCUT2D eigenvalue weighted by molar-refractivity contribution is 5.20. The summed E-state index contributed by atoms with van der Waals surface area (Å²) in [6, 6.07) is 10.2. The fraction of sp³-hybridized carbons (Fsp3) is 0.400. The van der Waals surface area contributed by atoms with E-state index in [2.05, 4.69) is 6.07 Å². The summed E-state index contributed by atoms with van der Waals surface area (Å²) in [7, 11) is 0. The average Bonchev–Trinajstić information content (AvgIpc) is 2.14. The van der Waals surface area contributed by atoms with Gasteiger partial charge < -0.3 is 4.74 Å². The van der Waals surface area contributed by atoms with Crippen LogP contribution in [0.3, 0.4) is 0 Å². The third-order valence-electron chi connectivity index (χ3n) is 1.48. The zero-order chi connectivity index (χ0) is 8.65. The molecule has 65 valence electrons. The molecule has 2 heteroatoms. The van der Waals surface area contributed by atoms with Crippen molar-refractivity contribution in [3.05, 3.63) is 30.3 Å². The molecule has 0 fully saturated rings. The second-order valence-corrected chi connectivity index (χ2v) is 2.48. The SMILES string of the molecule is FCCCCOc1cc[c]cc1. The quantitative estimate of drug-likeness (QED) is 0.612. The number of halogens is 1. The van der Waals surface area contributed by atoms with Crippen LogP contribution in [-0.4, -0.2) is 13.3 Å². The summed E-state index contributed by atoms with van der Waals surface area (Å²) in [4.78, 5) is 0. The van der Waals surface area contributed by atoms with Crippen LogP contribution in [-0.2, 0) is 0 Å². The minimum Gasteiger partial charge on any atom is -0.494 e. The van der Waals surface area contributed by atoms with E-state index in [9.17, 15) is 4.39 Å². The van der Waals surface area contributed by atoms with Crippen LogP contribution in [0.1, 0.15) is 12.8 Å². The van der Waals surface area contributed by atoms with Crippen molar-refractivity contribution in [3.8, 4) is 5.75 Å². The van der Waals surface area contributed by atoms with Crippen LogP contribution in [0.2, 0.25) is 0 Å². The van der Waals surface area contributed by atoms with Crippen molar-refractivity contribution in [1.29, 1.82) is 0 Å². The highest BCUT2D eigenvalue weighted by Crippen LogP contribution is 2.08. The van der Waals surface area contributed by atoms with E-state index < -0.39 is 0 Å². The molecule has 1 nitrogen and oxygen atoms in total. The first-order chi connectivity index (χ1) is 5.93. The molecule has 0 bridgehead atoms. The number of rotatable bonds is 5. The lowest BCUT2D eigenvalue weighted by molar-refractivity contribution is 0.297. The molecule has 0 spiro atoms. The van der Waals surface area contributed by atoms with Gasteiger partial charge in [0, 0.05) is 0 Å². The molecular formula is C10H12FO. The van der Waals surface area contributed by atoms with Crippen molar-refractivity contribution in [2.24, 2.45) is 0 Å². The smallest absolute Gasteiger partial charge is 0.119 e. The predicted molar refractivity (Wildman–Crippen MR) is 46.0 cm³/mol. The number of unbranched alkanes of at least 4 members (excludes halogenated alkanes) is 1. The van der Waals surface area contributed by atoms with Gasteiger partial charge in [-0.25, -0.2) is 0 Å². The maximum atomic E-state index is 11.7. The van der Waals surface area contributed by atoms with E-state index >= 15 is 0 Å². The molecule has 0 atom stereocenters. The Labute approximate surface area is 72.2 Å². The molecule has 1 aromatic rings. The van der Waals surface area contributed by atoms with E-state index in [1.807, 2.05) is 12.1 Å². The molecule has 0 saturated heterocycles. The second-order valence-electron chi connectivity index (χ2n) is 2.48. The van der Waals surface area contributed by atoms with Gasteiger partial charge in [-0.2, -0.15) is 0 Å². The summed E-state index contributed by atoms with van der Waals surface area (Å²) in [5.41, 5.74) is 0. The first kappa shape index (κ1) is 9.04. The van der Waals surface area contributed by atoms with Crippen molar-refractivity contribution in [2.45, 2.75) is 12.8 Å². The first-order valence-corrected chi connectivity index (χ1v) is 4.08. The first-order valence-electron chi connectivity index (χ1n) is 4.08. The van der Waals surface area contributed by atoms with Crippen molar-refractivity contribution < 1.29 is 9.13 Å². The van der Waals surface area contributed by atoms with Crippen LogP contribution < -0.4 is 4.74 Å². The Hall–Kier alpha value is -1.05. The van der Waals surface area contributed by atoms with Gasteiger partial charge in [0.2, 0.25) is 0 Å². The van der Waals surface area contributed by atoms with Gasteiger partial charge in [-0.15, -0.1) is 0 Å². The zero-order valence-corrected chi connectivity index (χ0v) is 6.92. The predicted octanol–water partition coefficient (Wildman–Crippen LogP) is 2.62. The lowest BCUT2D eigenvalue weighted by Crippen LogP contribution is -1.97. The fourth-order valence-electron chi connectivity index (χ4n) is 0.854. The number of hydrogen-bond acceptors (Lipinski definition) is 1. The molecule has 0 unspecified atom stereocenters. The van der Waals surface area contributed by atoms with Gasteiger partial charge in [0.15, 0.2) is 0 Å². The van der Waals surface area contributed by atoms with Crippen LogP contribution in [0.25, 0.3) is 0 Å². The van der Waals surface area contributed by atoms with Crippen LogP contribution in [0.5, 0.6) is 5.75 Å². The molecule has 0 amide bonds. The molecule has 1 rings (SSSR count). The second kappa shape index (κ2) is 5.58. The fourth-order valence-corrected chi connectivity index (χ4v) is 0.854. The summed E-state index contributed by atoms with van der Waals surface area (Å²) >= 11 is 0. The molecule has 0 aromatic heterocycles. The molecule has 0 aliphatic heterocycles. The average molecular weight is 167 g/mol.